The molecule has 0 amide bonds. The SMILES string of the molecule is CCCc1nc(N2CCCC2)nc(Cl)c1I. The molecular formula is C11H15ClIN3. The Kier molecular flexibility index (Phi) is 4.24. The van der Waals surface area contributed by atoms with Crippen molar-refractivity contribution in [1.29, 1.82) is 0 Å². The monoisotopic (exact) mass is 351 g/mol. The van der Waals surface area contributed by atoms with Crippen molar-refractivity contribution >= 4 is 40.1 Å². The summed E-state index contributed by atoms with van der Waals surface area (Å²) in [4.78, 5) is 11.2. The highest BCUT2D eigenvalue weighted by atomic mass is 127. The Balaban J connectivity index is 2.31. The number of aryl methyl sites for hydroxylation is 1. The van der Waals surface area contributed by atoms with Crippen LogP contribution < -0.4 is 4.90 Å². The van der Waals surface area contributed by atoms with E-state index in [1.165, 1.54) is 12.8 Å². The Morgan fingerprint density at radius 1 is 1.31 bits per heavy atom. The molecule has 0 aromatic carbocycles. The molecule has 0 aliphatic carbocycles. The zero-order valence-corrected chi connectivity index (χ0v) is 12.3. The third kappa shape index (κ3) is 2.59. The van der Waals surface area contributed by atoms with Crippen LogP contribution in [0.5, 0.6) is 0 Å². The summed E-state index contributed by atoms with van der Waals surface area (Å²) < 4.78 is 1.00. The first-order valence-corrected chi connectivity index (χ1v) is 7.15. The van der Waals surface area contributed by atoms with Crippen molar-refractivity contribution < 1.29 is 0 Å². The van der Waals surface area contributed by atoms with Crippen molar-refractivity contribution in [1.82, 2.24) is 9.97 Å². The summed E-state index contributed by atoms with van der Waals surface area (Å²) in [5.74, 6) is 0.811. The average molecular weight is 352 g/mol. The quantitative estimate of drug-likeness (QED) is 0.618. The fourth-order valence-electron chi connectivity index (χ4n) is 1.91. The summed E-state index contributed by atoms with van der Waals surface area (Å²) in [5, 5.41) is 0.598. The maximum atomic E-state index is 6.15. The number of rotatable bonds is 3. The fraction of sp³-hybridized carbons (Fsp3) is 0.636. The molecule has 0 radical (unpaired) electrons. The summed E-state index contributed by atoms with van der Waals surface area (Å²) >= 11 is 8.38. The number of hydrogen-bond acceptors (Lipinski definition) is 3. The molecule has 2 heterocycles. The lowest BCUT2D eigenvalue weighted by molar-refractivity contribution is 0.831. The van der Waals surface area contributed by atoms with Crippen LogP contribution in [0.3, 0.4) is 0 Å². The molecule has 0 saturated carbocycles. The maximum Gasteiger partial charge on any atom is 0.227 e. The van der Waals surface area contributed by atoms with Gasteiger partial charge in [-0.1, -0.05) is 24.9 Å². The number of anilines is 1. The Labute approximate surface area is 115 Å². The molecule has 0 unspecified atom stereocenters. The van der Waals surface area contributed by atoms with Crippen LogP contribution in [0.15, 0.2) is 0 Å². The molecule has 0 bridgehead atoms. The van der Waals surface area contributed by atoms with E-state index < -0.39 is 0 Å². The predicted molar refractivity (Wildman–Crippen MR) is 75.2 cm³/mol. The van der Waals surface area contributed by atoms with E-state index in [4.69, 9.17) is 11.6 Å². The standard InChI is InChI=1S/C11H15ClIN3/c1-2-5-8-9(13)10(12)15-11(14-8)16-6-3-4-7-16/h2-7H2,1H3. The Morgan fingerprint density at radius 2 is 2.00 bits per heavy atom. The zero-order valence-electron chi connectivity index (χ0n) is 9.34. The predicted octanol–water partition coefficient (Wildman–Crippen LogP) is 3.29. The molecule has 1 fully saturated rings. The molecule has 2 rings (SSSR count). The second-order valence-corrected chi connectivity index (χ2v) is 5.46. The number of halogens is 2. The number of nitrogens with zero attached hydrogens (tertiary/aromatic N) is 3. The van der Waals surface area contributed by atoms with Crippen LogP contribution in [0.2, 0.25) is 5.15 Å². The third-order valence-corrected chi connectivity index (χ3v) is 4.47. The van der Waals surface area contributed by atoms with Gasteiger partial charge in [0.15, 0.2) is 0 Å². The third-order valence-electron chi connectivity index (χ3n) is 2.74. The van der Waals surface area contributed by atoms with Crippen molar-refractivity contribution in [2.75, 3.05) is 18.0 Å². The minimum absolute atomic E-state index is 0.598. The van der Waals surface area contributed by atoms with Gasteiger partial charge in [0.2, 0.25) is 5.95 Å². The van der Waals surface area contributed by atoms with Crippen molar-refractivity contribution in [3.8, 4) is 0 Å². The van der Waals surface area contributed by atoms with Crippen LogP contribution in [0, 0.1) is 3.57 Å². The Bertz CT molecular complexity index is 378. The summed E-state index contributed by atoms with van der Waals surface area (Å²) in [7, 11) is 0. The molecule has 0 spiro atoms. The smallest absolute Gasteiger partial charge is 0.227 e. The molecule has 1 aliphatic rings. The highest BCUT2D eigenvalue weighted by molar-refractivity contribution is 14.1. The van der Waals surface area contributed by atoms with Gasteiger partial charge in [-0.15, -0.1) is 0 Å². The minimum Gasteiger partial charge on any atom is -0.341 e. The molecule has 3 nitrogen and oxygen atoms in total. The van der Waals surface area contributed by atoms with Gasteiger partial charge in [0.25, 0.3) is 0 Å². The molecule has 88 valence electrons. The second kappa shape index (κ2) is 5.49. The molecular weight excluding hydrogens is 336 g/mol. The minimum atomic E-state index is 0.598. The van der Waals surface area contributed by atoms with Gasteiger partial charge in [0.05, 0.1) is 9.26 Å². The van der Waals surface area contributed by atoms with E-state index in [1.54, 1.807) is 0 Å². The fourth-order valence-corrected chi connectivity index (χ4v) is 2.61. The van der Waals surface area contributed by atoms with Crippen LogP contribution >= 0.6 is 34.2 Å². The van der Waals surface area contributed by atoms with Gasteiger partial charge in [-0.25, -0.2) is 4.98 Å². The van der Waals surface area contributed by atoms with Gasteiger partial charge in [-0.3, -0.25) is 0 Å². The van der Waals surface area contributed by atoms with E-state index in [1.807, 2.05) is 0 Å². The maximum absolute atomic E-state index is 6.15. The number of aromatic nitrogens is 2. The van der Waals surface area contributed by atoms with E-state index >= 15 is 0 Å². The van der Waals surface area contributed by atoms with Gasteiger partial charge in [-0.2, -0.15) is 4.98 Å². The van der Waals surface area contributed by atoms with Gasteiger partial charge in [0.1, 0.15) is 5.15 Å². The Morgan fingerprint density at radius 3 is 2.62 bits per heavy atom. The van der Waals surface area contributed by atoms with Gasteiger partial charge < -0.3 is 4.90 Å². The summed E-state index contributed by atoms with van der Waals surface area (Å²) in [5.41, 5.74) is 1.09. The van der Waals surface area contributed by atoms with Crippen LogP contribution in [0.1, 0.15) is 31.9 Å². The van der Waals surface area contributed by atoms with Gasteiger partial charge in [0, 0.05) is 13.1 Å². The normalized spacial score (nSPS) is 15.8. The van der Waals surface area contributed by atoms with Crippen LogP contribution in [0.4, 0.5) is 5.95 Å². The first-order chi connectivity index (χ1) is 7.72. The van der Waals surface area contributed by atoms with Crippen LogP contribution in [-0.4, -0.2) is 23.1 Å². The van der Waals surface area contributed by atoms with E-state index in [9.17, 15) is 0 Å². The van der Waals surface area contributed by atoms with E-state index in [-0.39, 0.29) is 0 Å². The Hall–Kier alpha value is -0.100. The molecule has 0 N–H and O–H groups in total. The lowest BCUT2D eigenvalue weighted by atomic mass is 10.2. The molecule has 0 atom stereocenters. The van der Waals surface area contributed by atoms with Gasteiger partial charge in [-0.05, 0) is 41.9 Å². The van der Waals surface area contributed by atoms with Crippen LogP contribution in [-0.2, 0) is 6.42 Å². The molecule has 1 saturated heterocycles. The lowest BCUT2D eigenvalue weighted by Crippen LogP contribution is -2.21. The topological polar surface area (TPSA) is 29.0 Å². The van der Waals surface area contributed by atoms with Crippen LogP contribution in [0.25, 0.3) is 0 Å². The number of hydrogen-bond donors (Lipinski definition) is 0. The highest BCUT2D eigenvalue weighted by Crippen LogP contribution is 2.25. The van der Waals surface area contributed by atoms with E-state index in [0.717, 1.165) is 41.1 Å². The molecule has 16 heavy (non-hydrogen) atoms. The summed E-state index contributed by atoms with van der Waals surface area (Å²) in [6.45, 7) is 4.27. The summed E-state index contributed by atoms with van der Waals surface area (Å²) in [6, 6.07) is 0. The average Bonchev–Trinajstić information content (AvgIpc) is 2.78. The summed E-state index contributed by atoms with van der Waals surface area (Å²) in [6.07, 6.45) is 4.52. The van der Waals surface area contributed by atoms with E-state index in [0.29, 0.717) is 5.15 Å². The molecule has 1 aromatic rings. The van der Waals surface area contributed by atoms with Crippen molar-refractivity contribution in [3.05, 3.63) is 14.4 Å². The lowest BCUT2D eigenvalue weighted by Gasteiger charge is -2.16. The van der Waals surface area contributed by atoms with Crippen molar-refractivity contribution in [3.63, 3.8) is 0 Å². The zero-order chi connectivity index (χ0) is 11.5. The molecule has 5 heteroatoms. The first-order valence-electron chi connectivity index (χ1n) is 5.69. The van der Waals surface area contributed by atoms with Crippen molar-refractivity contribution in [2.24, 2.45) is 0 Å². The molecule has 1 aromatic heterocycles. The van der Waals surface area contributed by atoms with E-state index in [2.05, 4.69) is 44.4 Å². The first kappa shape index (κ1) is 12.4. The second-order valence-electron chi connectivity index (χ2n) is 4.02. The molecule has 1 aliphatic heterocycles. The van der Waals surface area contributed by atoms with Crippen molar-refractivity contribution in [2.45, 2.75) is 32.6 Å². The highest BCUT2D eigenvalue weighted by Gasteiger charge is 2.18. The largest absolute Gasteiger partial charge is 0.341 e. The van der Waals surface area contributed by atoms with Gasteiger partial charge >= 0.3 is 0 Å².